The maximum absolute atomic E-state index is 11.2. The Balaban J connectivity index is 2.40. The number of nitrogens with zero attached hydrogens (tertiary/aromatic N) is 1. The van der Waals surface area contributed by atoms with E-state index < -0.39 is 0 Å². The lowest BCUT2D eigenvalue weighted by Gasteiger charge is -2.31. The fourth-order valence-electron chi connectivity index (χ4n) is 1.49. The first-order valence-electron chi connectivity index (χ1n) is 4.28. The Labute approximate surface area is 72.7 Å². The second kappa shape index (κ2) is 4.42. The molecule has 2 N–H and O–H groups in total. The van der Waals surface area contributed by atoms with Crippen molar-refractivity contribution in [3.8, 4) is 0 Å². The zero-order valence-electron chi connectivity index (χ0n) is 7.45. The highest BCUT2D eigenvalue weighted by Crippen LogP contribution is 2.11. The van der Waals surface area contributed by atoms with Crippen LogP contribution < -0.4 is 5.73 Å². The summed E-state index contributed by atoms with van der Waals surface area (Å²) in [6, 6.07) is 0. The largest absolute Gasteiger partial charge is 0.380 e. The molecule has 4 nitrogen and oxygen atoms in total. The topological polar surface area (TPSA) is 55.6 Å². The van der Waals surface area contributed by atoms with Crippen LogP contribution in [-0.4, -0.2) is 43.7 Å². The summed E-state index contributed by atoms with van der Waals surface area (Å²) in [5, 5.41) is 0. The fourth-order valence-corrected chi connectivity index (χ4v) is 1.49. The van der Waals surface area contributed by atoms with Crippen molar-refractivity contribution in [1.82, 2.24) is 4.90 Å². The first-order valence-corrected chi connectivity index (χ1v) is 4.28. The summed E-state index contributed by atoms with van der Waals surface area (Å²) >= 11 is 0. The van der Waals surface area contributed by atoms with Crippen molar-refractivity contribution in [2.45, 2.75) is 18.9 Å². The van der Waals surface area contributed by atoms with Crippen molar-refractivity contribution in [3.63, 3.8) is 0 Å². The molecule has 0 bridgehead atoms. The number of piperidine rings is 1. The summed E-state index contributed by atoms with van der Waals surface area (Å²) in [6.45, 7) is 1.64. The van der Waals surface area contributed by atoms with E-state index in [4.69, 9.17) is 10.5 Å². The minimum absolute atomic E-state index is 0.0248. The molecule has 1 fully saturated rings. The molecule has 0 aromatic carbocycles. The number of hydrogen-bond acceptors (Lipinski definition) is 3. The number of carbonyl (C=O) groups excluding carboxylic acids is 1. The van der Waals surface area contributed by atoms with E-state index >= 15 is 0 Å². The molecule has 0 aromatic rings. The van der Waals surface area contributed by atoms with E-state index in [-0.39, 0.29) is 18.6 Å². The first kappa shape index (κ1) is 9.48. The van der Waals surface area contributed by atoms with E-state index in [9.17, 15) is 4.79 Å². The number of hydrogen-bond donors (Lipinski definition) is 1. The predicted molar refractivity (Wildman–Crippen MR) is 45.7 cm³/mol. The van der Waals surface area contributed by atoms with Crippen LogP contribution in [-0.2, 0) is 9.53 Å². The summed E-state index contributed by atoms with van der Waals surface area (Å²) < 4.78 is 5.18. The molecular weight excluding hydrogens is 156 g/mol. The monoisotopic (exact) mass is 172 g/mol. The van der Waals surface area contributed by atoms with E-state index in [2.05, 4.69) is 0 Å². The summed E-state index contributed by atoms with van der Waals surface area (Å²) in [4.78, 5) is 12.9. The van der Waals surface area contributed by atoms with Gasteiger partial charge in [-0.2, -0.15) is 0 Å². The third-order valence-corrected chi connectivity index (χ3v) is 2.24. The van der Waals surface area contributed by atoms with Crippen molar-refractivity contribution in [3.05, 3.63) is 0 Å². The van der Waals surface area contributed by atoms with Crippen LogP contribution in [0.25, 0.3) is 0 Å². The maximum atomic E-state index is 11.2. The summed E-state index contributed by atoms with van der Waals surface area (Å²) in [6.07, 6.45) is 2.27. The molecule has 1 heterocycles. The molecule has 1 atom stereocenters. The highest BCUT2D eigenvalue weighted by atomic mass is 16.5. The van der Waals surface area contributed by atoms with Crippen LogP contribution in [0, 0.1) is 0 Å². The lowest BCUT2D eigenvalue weighted by molar-refractivity contribution is -0.133. The van der Waals surface area contributed by atoms with Gasteiger partial charge in [-0.3, -0.25) is 4.79 Å². The molecule has 1 saturated heterocycles. The predicted octanol–water partition coefficient (Wildman–Crippen LogP) is -0.417. The van der Waals surface area contributed by atoms with Gasteiger partial charge in [0.15, 0.2) is 0 Å². The van der Waals surface area contributed by atoms with Gasteiger partial charge in [-0.25, -0.2) is 0 Å². The Morgan fingerprint density at radius 1 is 1.75 bits per heavy atom. The Morgan fingerprint density at radius 2 is 2.50 bits per heavy atom. The Morgan fingerprint density at radius 3 is 3.08 bits per heavy atom. The third-order valence-electron chi connectivity index (χ3n) is 2.24. The van der Waals surface area contributed by atoms with E-state index in [0.717, 1.165) is 19.4 Å². The van der Waals surface area contributed by atoms with Gasteiger partial charge >= 0.3 is 0 Å². The molecule has 0 radical (unpaired) electrons. The Bertz CT molecular complexity index is 161. The SMILES string of the molecule is CO[C@@H]1CCCN(C(=O)CN)C1. The van der Waals surface area contributed by atoms with Gasteiger partial charge < -0.3 is 15.4 Å². The molecule has 0 saturated carbocycles. The third kappa shape index (κ3) is 2.19. The number of likely N-dealkylation sites (tertiary alicyclic amines) is 1. The molecule has 70 valence electrons. The molecule has 0 aliphatic carbocycles. The average Bonchev–Trinajstić information content (AvgIpc) is 2.17. The van der Waals surface area contributed by atoms with E-state index in [1.807, 2.05) is 0 Å². The molecule has 1 aliphatic rings. The minimum Gasteiger partial charge on any atom is -0.380 e. The minimum atomic E-state index is 0.0248. The second-order valence-corrected chi connectivity index (χ2v) is 3.04. The lowest BCUT2D eigenvalue weighted by Crippen LogP contribution is -2.45. The quantitative estimate of drug-likeness (QED) is 0.615. The standard InChI is InChI=1S/C8H16N2O2/c1-12-7-3-2-4-10(6-7)8(11)5-9/h7H,2-6,9H2,1H3/t7-/m1/s1. The summed E-state index contributed by atoms with van der Waals surface area (Å²) in [5.41, 5.74) is 5.26. The summed E-state index contributed by atoms with van der Waals surface area (Å²) in [7, 11) is 1.68. The smallest absolute Gasteiger partial charge is 0.236 e. The van der Waals surface area contributed by atoms with Gasteiger partial charge in [-0.15, -0.1) is 0 Å². The zero-order valence-corrected chi connectivity index (χ0v) is 7.45. The molecule has 0 spiro atoms. The average molecular weight is 172 g/mol. The Hall–Kier alpha value is -0.610. The van der Waals surface area contributed by atoms with Gasteiger partial charge in [0.05, 0.1) is 12.6 Å². The van der Waals surface area contributed by atoms with Crippen LogP contribution in [0.4, 0.5) is 0 Å². The highest BCUT2D eigenvalue weighted by Gasteiger charge is 2.21. The first-order chi connectivity index (χ1) is 5.77. The number of rotatable bonds is 2. The van der Waals surface area contributed by atoms with Crippen LogP contribution in [0.1, 0.15) is 12.8 Å². The van der Waals surface area contributed by atoms with Crippen molar-refractivity contribution < 1.29 is 9.53 Å². The number of ether oxygens (including phenoxy) is 1. The molecule has 4 heteroatoms. The lowest BCUT2D eigenvalue weighted by atomic mass is 10.1. The van der Waals surface area contributed by atoms with Gasteiger partial charge in [0.2, 0.25) is 5.91 Å². The van der Waals surface area contributed by atoms with Crippen molar-refractivity contribution in [1.29, 1.82) is 0 Å². The van der Waals surface area contributed by atoms with Crippen molar-refractivity contribution in [2.75, 3.05) is 26.7 Å². The second-order valence-electron chi connectivity index (χ2n) is 3.04. The fraction of sp³-hybridized carbons (Fsp3) is 0.875. The zero-order chi connectivity index (χ0) is 8.97. The van der Waals surface area contributed by atoms with Crippen molar-refractivity contribution in [2.24, 2.45) is 5.73 Å². The van der Waals surface area contributed by atoms with E-state index in [1.165, 1.54) is 0 Å². The number of amides is 1. The molecule has 0 aromatic heterocycles. The molecule has 1 amide bonds. The number of methoxy groups -OCH3 is 1. The highest BCUT2D eigenvalue weighted by molar-refractivity contribution is 5.78. The van der Waals surface area contributed by atoms with Crippen LogP contribution >= 0.6 is 0 Å². The Kier molecular flexibility index (Phi) is 3.49. The molecule has 1 aliphatic heterocycles. The van der Waals surface area contributed by atoms with Gasteiger partial charge in [0, 0.05) is 20.2 Å². The van der Waals surface area contributed by atoms with Crippen LogP contribution in [0.15, 0.2) is 0 Å². The van der Waals surface area contributed by atoms with Crippen LogP contribution in [0.3, 0.4) is 0 Å². The molecule has 0 unspecified atom stereocenters. The van der Waals surface area contributed by atoms with Gasteiger partial charge in [0.1, 0.15) is 0 Å². The molecular formula is C8H16N2O2. The van der Waals surface area contributed by atoms with Gasteiger partial charge in [-0.05, 0) is 12.8 Å². The van der Waals surface area contributed by atoms with E-state index in [0.29, 0.717) is 6.54 Å². The van der Waals surface area contributed by atoms with Gasteiger partial charge in [-0.1, -0.05) is 0 Å². The maximum Gasteiger partial charge on any atom is 0.236 e. The molecule has 1 rings (SSSR count). The van der Waals surface area contributed by atoms with E-state index in [1.54, 1.807) is 12.0 Å². The normalized spacial score (nSPS) is 24.2. The molecule has 12 heavy (non-hydrogen) atoms. The van der Waals surface area contributed by atoms with Crippen LogP contribution in [0.2, 0.25) is 0 Å². The number of carbonyl (C=O) groups is 1. The van der Waals surface area contributed by atoms with Crippen LogP contribution in [0.5, 0.6) is 0 Å². The summed E-state index contributed by atoms with van der Waals surface area (Å²) in [5.74, 6) is 0.0248. The number of nitrogens with two attached hydrogens (primary N) is 1. The van der Waals surface area contributed by atoms with Crippen molar-refractivity contribution >= 4 is 5.91 Å². The van der Waals surface area contributed by atoms with Gasteiger partial charge in [0.25, 0.3) is 0 Å².